The number of carbonyl (C=O) groups is 1. The third-order valence-electron chi connectivity index (χ3n) is 5.12. The second-order valence-electron chi connectivity index (χ2n) is 7.40. The Morgan fingerprint density at radius 3 is 2.71 bits per heavy atom. The van der Waals surface area contributed by atoms with Crippen LogP contribution in [0.15, 0.2) is 41.4 Å². The van der Waals surface area contributed by atoms with Crippen molar-refractivity contribution in [3.05, 3.63) is 42.1 Å². The number of carbonyl (C=O) groups excluding carboxylic acids is 1. The molecule has 1 aromatic carbocycles. The maximum Gasteiger partial charge on any atom is 0.262 e. The maximum atomic E-state index is 13.0. The van der Waals surface area contributed by atoms with Crippen LogP contribution in [0.1, 0.15) is 30.6 Å². The number of nitrogens with one attached hydrogen (secondary N) is 3. The summed E-state index contributed by atoms with van der Waals surface area (Å²) in [5.41, 5.74) is 0.559. The van der Waals surface area contributed by atoms with Gasteiger partial charge in [0.15, 0.2) is 0 Å². The minimum Gasteiger partial charge on any atom is -0.497 e. The Kier molecular flexibility index (Phi) is 7.34. The number of nitrogens with zero attached hydrogens (tertiary/aromatic N) is 2. The fourth-order valence-corrected chi connectivity index (χ4v) is 4.26. The van der Waals surface area contributed by atoms with Crippen LogP contribution in [-0.4, -0.2) is 58.6 Å². The van der Waals surface area contributed by atoms with Gasteiger partial charge in [0.2, 0.25) is 0 Å². The van der Waals surface area contributed by atoms with Gasteiger partial charge >= 0.3 is 0 Å². The normalized spacial score (nSPS) is 15.3. The Balaban J connectivity index is 1.93. The van der Waals surface area contributed by atoms with E-state index in [0.717, 1.165) is 19.5 Å². The first kappa shape index (κ1) is 22.8. The first-order valence-electron chi connectivity index (χ1n) is 10.3. The molecule has 10 heteroatoms. The molecule has 0 aliphatic carbocycles. The lowest BCUT2D eigenvalue weighted by atomic mass is 10.1. The van der Waals surface area contributed by atoms with Gasteiger partial charge in [-0.3, -0.25) is 9.52 Å². The summed E-state index contributed by atoms with van der Waals surface area (Å²) in [7, 11) is -2.41. The van der Waals surface area contributed by atoms with Crippen LogP contribution in [0.3, 0.4) is 0 Å². The van der Waals surface area contributed by atoms with Crippen molar-refractivity contribution < 1.29 is 17.9 Å². The number of hydrogen-bond acceptors (Lipinski definition) is 7. The molecule has 1 saturated heterocycles. The zero-order chi connectivity index (χ0) is 22.4. The maximum absolute atomic E-state index is 13.0. The quantitative estimate of drug-likeness (QED) is 0.566. The van der Waals surface area contributed by atoms with E-state index in [1.807, 2.05) is 18.7 Å². The number of amides is 1. The average Bonchev–Trinajstić information content (AvgIpc) is 2.79. The molecule has 1 aromatic heterocycles. The first-order chi connectivity index (χ1) is 14.8. The molecule has 3 N–H and O–H groups in total. The van der Waals surface area contributed by atoms with Crippen molar-refractivity contribution in [3.63, 3.8) is 0 Å². The number of ether oxygens (including phenoxy) is 1. The van der Waals surface area contributed by atoms with E-state index in [1.54, 1.807) is 18.2 Å². The molecule has 2 aromatic rings. The summed E-state index contributed by atoms with van der Waals surface area (Å²) in [5, 5.41) is 6.22. The predicted octanol–water partition coefficient (Wildman–Crippen LogP) is 1.83. The van der Waals surface area contributed by atoms with Crippen molar-refractivity contribution in [3.8, 4) is 5.75 Å². The lowest BCUT2D eigenvalue weighted by Gasteiger charge is -2.30. The fraction of sp³-hybridized carbons (Fsp3) is 0.429. The van der Waals surface area contributed by atoms with Crippen molar-refractivity contribution in [1.82, 2.24) is 15.6 Å². The fourth-order valence-electron chi connectivity index (χ4n) is 3.20. The highest BCUT2D eigenvalue weighted by atomic mass is 32.2. The van der Waals surface area contributed by atoms with Gasteiger partial charge < -0.3 is 20.3 Å². The van der Waals surface area contributed by atoms with Gasteiger partial charge in [0.1, 0.15) is 11.6 Å². The Hall–Kier alpha value is -2.85. The highest BCUT2D eigenvalue weighted by Gasteiger charge is 2.23. The van der Waals surface area contributed by atoms with Crippen LogP contribution < -0.4 is 25.0 Å². The van der Waals surface area contributed by atoms with Gasteiger partial charge in [-0.25, -0.2) is 13.4 Å². The lowest BCUT2D eigenvalue weighted by molar-refractivity contribution is 0.0939. The molecule has 1 aliphatic heterocycles. The van der Waals surface area contributed by atoms with Crippen molar-refractivity contribution >= 4 is 27.4 Å². The van der Waals surface area contributed by atoms with Gasteiger partial charge in [0.05, 0.1) is 29.5 Å². The number of anilines is 2. The summed E-state index contributed by atoms with van der Waals surface area (Å²) in [6.07, 6.45) is 2.22. The van der Waals surface area contributed by atoms with E-state index >= 15 is 0 Å². The van der Waals surface area contributed by atoms with Crippen LogP contribution >= 0.6 is 0 Å². The zero-order valence-corrected chi connectivity index (χ0v) is 18.8. The van der Waals surface area contributed by atoms with Crippen molar-refractivity contribution in [2.75, 3.05) is 42.9 Å². The summed E-state index contributed by atoms with van der Waals surface area (Å²) in [6.45, 7) is 6.91. The highest BCUT2D eigenvalue weighted by Crippen LogP contribution is 2.25. The van der Waals surface area contributed by atoms with Crippen molar-refractivity contribution in [2.45, 2.75) is 31.2 Å². The summed E-state index contributed by atoms with van der Waals surface area (Å²) in [5.74, 6) is 0.702. The average molecular weight is 448 g/mol. The first-order valence-corrected chi connectivity index (χ1v) is 11.8. The number of aromatic nitrogens is 1. The molecule has 3 rings (SSSR count). The van der Waals surface area contributed by atoms with Crippen LogP contribution in [-0.2, 0) is 10.0 Å². The lowest BCUT2D eigenvalue weighted by Crippen LogP contribution is -2.45. The van der Waals surface area contributed by atoms with E-state index in [4.69, 9.17) is 4.74 Å². The summed E-state index contributed by atoms with van der Waals surface area (Å²) < 4.78 is 33.3. The molecular formula is C21H29N5O4S. The summed E-state index contributed by atoms with van der Waals surface area (Å²) in [4.78, 5) is 19.5. The SMILES string of the molecule is CC[C@@H](C)NC(=O)c1cc(NS(=O)(=O)c2cccc(OC)c2)cnc1N1CCNCC1. The molecular weight excluding hydrogens is 418 g/mol. The Bertz CT molecular complexity index is 1020. The van der Waals surface area contributed by atoms with Crippen LogP contribution in [0.2, 0.25) is 0 Å². The molecule has 0 unspecified atom stereocenters. The minimum atomic E-state index is -3.88. The highest BCUT2D eigenvalue weighted by molar-refractivity contribution is 7.92. The van der Waals surface area contributed by atoms with Crippen LogP contribution in [0, 0.1) is 0 Å². The molecule has 0 saturated carbocycles. The van der Waals surface area contributed by atoms with E-state index < -0.39 is 10.0 Å². The monoisotopic (exact) mass is 447 g/mol. The molecule has 0 radical (unpaired) electrons. The summed E-state index contributed by atoms with van der Waals surface area (Å²) >= 11 is 0. The van der Waals surface area contributed by atoms with E-state index in [9.17, 15) is 13.2 Å². The molecule has 31 heavy (non-hydrogen) atoms. The standard InChI is InChI=1S/C21H29N5O4S/c1-4-15(2)24-21(27)19-12-16(14-23-20(19)26-10-8-22-9-11-26)25-31(28,29)18-7-5-6-17(13-18)30-3/h5-7,12-15,22,25H,4,8-11H2,1-3H3,(H,24,27)/t15-/m1/s1. The number of benzene rings is 1. The Labute approximate surface area is 183 Å². The molecule has 168 valence electrons. The van der Waals surface area contributed by atoms with Crippen LogP contribution in [0.4, 0.5) is 11.5 Å². The molecule has 1 aliphatic rings. The van der Waals surface area contributed by atoms with Gasteiger partial charge in [-0.05, 0) is 31.5 Å². The number of methoxy groups -OCH3 is 1. The van der Waals surface area contributed by atoms with Gasteiger partial charge in [0.25, 0.3) is 15.9 Å². The van der Waals surface area contributed by atoms with E-state index in [1.165, 1.54) is 25.4 Å². The smallest absolute Gasteiger partial charge is 0.262 e. The third kappa shape index (κ3) is 5.65. The van der Waals surface area contributed by atoms with Gasteiger partial charge in [-0.2, -0.15) is 0 Å². The third-order valence-corrected chi connectivity index (χ3v) is 6.50. The van der Waals surface area contributed by atoms with Crippen molar-refractivity contribution in [1.29, 1.82) is 0 Å². The van der Waals surface area contributed by atoms with E-state index in [-0.39, 0.29) is 22.5 Å². The molecule has 9 nitrogen and oxygen atoms in total. The topological polar surface area (TPSA) is 113 Å². The summed E-state index contributed by atoms with van der Waals surface area (Å²) in [6, 6.07) is 7.70. The second-order valence-corrected chi connectivity index (χ2v) is 9.08. The van der Waals surface area contributed by atoms with Crippen molar-refractivity contribution in [2.24, 2.45) is 0 Å². The van der Waals surface area contributed by atoms with Gasteiger partial charge in [-0.1, -0.05) is 13.0 Å². The largest absolute Gasteiger partial charge is 0.497 e. The van der Waals surface area contributed by atoms with E-state index in [2.05, 4.69) is 20.3 Å². The number of sulfonamides is 1. The molecule has 0 bridgehead atoms. The number of pyridine rings is 1. The van der Waals surface area contributed by atoms with Crippen LogP contribution in [0.25, 0.3) is 0 Å². The van der Waals surface area contributed by atoms with Gasteiger partial charge in [-0.15, -0.1) is 0 Å². The van der Waals surface area contributed by atoms with E-state index in [0.29, 0.717) is 30.2 Å². The molecule has 1 amide bonds. The number of hydrogen-bond donors (Lipinski definition) is 3. The number of rotatable bonds is 8. The zero-order valence-electron chi connectivity index (χ0n) is 18.0. The minimum absolute atomic E-state index is 0.0134. The molecule has 0 spiro atoms. The Morgan fingerprint density at radius 1 is 1.29 bits per heavy atom. The Morgan fingerprint density at radius 2 is 2.03 bits per heavy atom. The molecule has 2 heterocycles. The number of piperazine rings is 1. The van der Waals surface area contributed by atoms with Crippen LogP contribution in [0.5, 0.6) is 5.75 Å². The predicted molar refractivity (Wildman–Crippen MR) is 120 cm³/mol. The second kappa shape index (κ2) is 9.97. The molecule has 1 fully saturated rings. The molecule has 1 atom stereocenters. The van der Waals surface area contributed by atoms with Gasteiger partial charge in [0, 0.05) is 38.3 Å².